The van der Waals surface area contributed by atoms with Crippen LogP contribution >= 0.6 is 0 Å². The van der Waals surface area contributed by atoms with Gasteiger partial charge in [-0.05, 0) is 49.8 Å². The average Bonchev–Trinajstić information content (AvgIpc) is 2.93. The van der Waals surface area contributed by atoms with Crippen molar-refractivity contribution >= 4 is 0 Å². The number of hydrogen-bond donors (Lipinski definition) is 2. The van der Waals surface area contributed by atoms with Crippen LogP contribution in [0.1, 0.15) is 24.8 Å². The molecule has 19 heavy (non-hydrogen) atoms. The molecule has 1 saturated heterocycles. The molecule has 0 radical (unpaired) electrons. The Bertz CT molecular complexity index is 465. The highest BCUT2D eigenvalue weighted by Crippen LogP contribution is 2.38. The Morgan fingerprint density at radius 3 is 2.84 bits per heavy atom. The second-order valence-corrected chi connectivity index (χ2v) is 5.95. The van der Waals surface area contributed by atoms with Crippen molar-refractivity contribution < 1.29 is 0 Å². The molecule has 0 amide bonds. The number of hydrogen-bond acceptors (Lipinski definition) is 3. The first-order valence-electron chi connectivity index (χ1n) is 7.22. The van der Waals surface area contributed by atoms with Crippen molar-refractivity contribution in [2.24, 2.45) is 11.8 Å². The summed E-state index contributed by atoms with van der Waals surface area (Å²) < 4.78 is 0. The Hall–Kier alpha value is -1.37. The third-order valence-electron chi connectivity index (χ3n) is 4.72. The zero-order chi connectivity index (χ0) is 13.1. The molecule has 0 bridgehead atoms. The molecule has 3 unspecified atom stereocenters. The second-order valence-electron chi connectivity index (χ2n) is 5.95. The van der Waals surface area contributed by atoms with Crippen LogP contribution in [0.15, 0.2) is 30.3 Å². The fraction of sp³-hybridized carbons (Fsp3) is 0.562. The summed E-state index contributed by atoms with van der Waals surface area (Å²) in [7, 11) is 0. The number of nitrogens with zero attached hydrogens (tertiary/aromatic N) is 1. The van der Waals surface area contributed by atoms with Gasteiger partial charge in [0.15, 0.2) is 0 Å². The summed E-state index contributed by atoms with van der Waals surface area (Å²) in [5.41, 5.74) is 0.937. The van der Waals surface area contributed by atoms with E-state index in [2.05, 4.69) is 28.8 Å². The predicted octanol–water partition coefficient (Wildman–Crippen LogP) is 2.06. The molecule has 2 aliphatic rings. The SMILES string of the molecule is N#CC1(NCc2ccccc2)CCC2CNCC2C1. The van der Waals surface area contributed by atoms with E-state index >= 15 is 0 Å². The van der Waals surface area contributed by atoms with Crippen LogP contribution in [0.25, 0.3) is 0 Å². The van der Waals surface area contributed by atoms with Gasteiger partial charge >= 0.3 is 0 Å². The Morgan fingerprint density at radius 1 is 1.26 bits per heavy atom. The monoisotopic (exact) mass is 255 g/mol. The van der Waals surface area contributed by atoms with Crippen LogP contribution in [-0.4, -0.2) is 18.6 Å². The molecule has 100 valence electrons. The molecule has 3 atom stereocenters. The average molecular weight is 255 g/mol. The summed E-state index contributed by atoms with van der Waals surface area (Å²) in [6.07, 6.45) is 3.15. The zero-order valence-electron chi connectivity index (χ0n) is 11.2. The van der Waals surface area contributed by atoms with E-state index in [1.54, 1.807) is 0 Å². The van der Waals surface area contributed by atoms with Gasteiger partial charge in [0.2, 0.25) is 0 Å². The first-order chi connectivity index (χ1) is 9.31. The summed E-state index contributed by atoms with van der Waals surface area (Å²) in [6.45, 7) is 3.02. The maximum absolute atomic E-state index is 9.61. The second kappa shape index (κ2) is 5.32. The van der Waals surface area contributed by atoms with E-state index in [-0.39, 0.29) is 5.54 Å². The zero-order valence-corrected chi connectivity index (χ0v) is 11.2. The molecule has 1 heterocycles. The smallest absolute Gasteiger partial charge is 0.107 e. The molecule has 1 aliphatic carbocycles. The van der Waals surface area contributed by atoms with Gasteiger partial charge in [-0.2, -0.15) is 5.26 Å². The molecular formula is C16H21N3. The number of nitriles is 1. The highest BCUT2D eigenvalue weighted by molar-refractivity contribution is 5.17. The Balaban J connectivity index is 1.65. The summed E-state index contributed by atoms with van der Waals surface area (Å²) in [5, 5.41) is 16.6. The first-order valence-corrected chi connectivity index (χ1v) is 7.22. The van der Waals surface area contributed by atoms with E-state index < -0.39 is 0 Å². The molecule has 0 spiro atoms. The van der Waals surface area contributed by atoms with Gasteiger partial charge in [-0.25, -0.2) is 0 Å². The molecule has 1 aromatic carbocycles. The fourth-order valence-corrected chi connectivity index (χ4v) is 3.51. The van der Waals surface area contributed by atoms with Crippen LogP contribution < -0.4 is 10.6 Å². The number of nitrogens with one attached hydrogen (secondary N) is 2. The lowest BCUT2D eigenvalue weighted by molar-refractivity contribution is 0.194. The fourth-order valence-electron chi connectivity index (χ4n) is 3.51. The van der Waals surface area contributed by atoms with E-state index in [0.717, 1.165) is 38.4 Å². The molecule has 2 fully saturated rings. The Kier molecular flexibility index (Phi) is 3.54. The molecule has 1 saturated carbocycles. The van der Waals surface area contributed by atoms with Crippen molar-refractivity contribution in [1.82, 2.24) is 10.6 Å². The number of fused-ring (bicyclic) bond motifs is 1. The largest absolute Gasteiger partial charge is 0.316 e. The van der Waals surface area contributed by atoms with Crippen molar-refractivity contribution in [2.45, 2.75) is 31.3 Å². The summed E-state index contributed by atoms with van der Waals surface area (Å²) >= 11 is 0. The van der Waals surface area contributed by atoms with Crippen LogP contribution in [0.5, 0.6) is 0 Å². The normalized spacial score (nSPS) is 33.6. The van der Waals surface area contributed by atoms with Crippen LogP contribution in [0.2, 0.25) is 0 Å². The molecule has 2 N–H and O–H groups in total. The Labute approximate surface area is 115 Å². The lowest BCUT2D eigenvalue weighted by Gasteiger charge is -2.38. The van der Waals surface area contributed by atoms with Gasteiger partial charge in [0.05, 0.1) is 6.07 Å². The lowest BCUT2D eigenvalue weighted by atomic mass is 9.72. The van der Waals surface area contributed by atoms with Gasteiger partial charge in [0, 0.05) is 6.54 Å². The quantitative estimate of drug-likeness (QED) is 0.869. The van der Waals surface area contributed by atoms with E-state index in [0.29, 0.717) is 5.92 Å². The van der Waals surface area contributed by atoms with Gasteiger partial charge in [-0.15, -0.1) is 0 Å². The van der Waals surface area contributed by atoms with Gasteiger partial charge < -0.3 is 5.32 Å². The minimum atomic E-state index is -0.316. The van der Waals surface area contributed by atoms with Crippen LogP contribution in [0.3, 0.4) is 0 Å². The molecule has 1 aliphatic heterocycles. The standard InChI is InChI=1S/C16H21N3/c17-12-16(19-9-13-4-2-1-3-5-13)7-6-14-10-18-11-15(14)8-16/h1-5,14-15,18-19H,6-11H2. The maximum Gasteiger partial charge on any atom is 0.107 e. The summed E-state index contributed by atoms with van der Waals surface area (Å²) in [4.78, 5) is 0. The van der Waals surface area contributed by atoms with Gasteiger partial charge in [-0.1, -0.05) is 30.3 Å². The van der Waals surface area contributed by atoms with E-state index in [1.165, 1.54) is 12.0 Å². The van der Waals surface area contributed by atoms with Crippen molar-refractivity contribution in [3.63, 3.8) is 0 Å². The van der Waals surface area contributed by atoms with Crippen molar-refractivity contribution in [2.75, 3.05) is 13.1 Å². The lowest BCUT2D eigenvalue weighted by Crippen LogP contribution is -2.49. The third-order valence-corrected chi connectivity index (χ3v) is 4.72. The van der Waals surface area contributed by atoms with Crippen LogP contribution in [-0.2, 0) is 6.54 Å². The molecule has 3 heteroatoms. The molecular weight excluding hydrogens is 234 g/mol. The highest BCUT2D eigenvalue weighted by Gasteiger charge is 2.42. The van der Waals surface area contributed by atoms with E-state index in [9.17, 15) is 5.26 Å². The van der Waals surface area contributed by atoms with Gasteiger partial charge in [0.25, 0.3) is 0 Å². The minimum Gasteiger partial charge on any atom is -0.316 e. The third kappa shape index (κ3) is 2.65. The van der Waals surface area contributed by atoms with E-state index in [4.69, 9.17) is 0 Å². The Morgan fingerprint density at radius 2 is 2.05 bits per heavy atom. The highest BCUT2D eigenvalue weighted by atomic mass is 15.0. The van der Waals surface area contributed by atoms with E-state index in [1.807, 2.05) is 18.2 Å². The molecule has 3 nitrogen and oxygen atoms in total. The van der Waals surface area contributed by atoms with Crippen LogP contribution in [0.4, 0.5) is 0 Å². The van der Waals surface area contributed by atoms with Gasteiger partial charge in [0.1, 0.15) is 5.54 Å². The summed E-state index contributed by atoms with van der Waals surface area (Å²) in [5.74, 6) is 1.47. The predicted molar refractivity (Wildman–Crippen MR) is 75.3 cm³/mol. The number of rotatable bonds is 3. The number of benzene rings is 1. The van der Waals surface area contributed by atoms with Crippen LogP contribution in [0, 0.1) is 23.2 Å². The maximum atomic E-state index is 9.61. The first kappa shape index (κ1) is 12.7. The molecule has 1 aromatic rings. The van der Waals surface area contributed by atoms with Crippen molar-refractivity contribution in [3.8, 4) is 6.07 Å². The molecule has 3 rings (SSSR count). The van der Waals surface area contributed by atoms with Crippen molar-refractivity contribution in [3.05, 3.63) is 35.9 Å². The van der Waals surface area contributed by atoms with Crippen molar-refractivity contribution in [1.29, 1.82) is 5.26 Å². The molecule has 0 aromatic heterocycles. The topological polar surface area (TPSA) is 47.9 Å². The van der Waals surface area contributed by atoms with Gasteiger partial charge in [-0.3, -0.25) is 5.32 Å². The minimum absolute atomic E-state index is 0.316. The summed E-state index contributed by atoms with van der Waals surface area (Å²) in [6, 6.07) is 12.9.